The van der Waals surface area contributed by atoms with E-state index in [0.717, 1.165) is 17.2 Å². The standard InChI is InChI=1S/C14H9ClN4S/c1-8-16-12(15)6-13-17-18-14(19(8)13)10-7-20-11-5-3-2-4-9(10)11/h2-7H,1H3. The largest absolute Gasteiger partial charge is 0.263 e. The molecule has 6 heteroatoms. The topological polar surface area (TPSA) is 43.1 Å². The van der Waals surface area contributed by atoms with E-state index in [-0.39, 0.29) is 0 Å². The molecule has 0 spiro atoms. The zero-order valence-electron chi connectivity index (χ0n) is 10.5. The van der Waals surface area contributed by atoms with Crippen LogP contribution < -0.4 is 0 Å². The molecule has 98 valence electrons. The zero-order valence-corrected chi connectivity index (χ0v) is 12.1. The van der Waals surface area contributed by atoms with Crippen molar-refractivity contribution < 1.29 is 0 Å². The molecule has 0 aliphatic heterocycles. The molecule has 4 nitrogen and oxygen atoms in total. The Labute approximate surface area is 123 Å². The third-order valence-corrected chi connectivity index (χ3v) is 4.41. The molecule has 0 saturated carbocycles. The number of thiophene rings is 1. The summed E-state index contributed by atoms with van der Waals surface area (Å²) in [5.74, 6) is 1.59. The van der Waals surface area contributed by atoms with Crippen molar-refractivity contribution in [3.05, 3.63) is 46.7 Å². The summed E-state index contributed by atoms with van der Waals surface area (Å²) in [6.07, 6.45) is 0. The predicted molar refractivity (Wildman–Crippen MR) is 81.3 cm³/mol. The van der Waals surface area contributed by atoms with Crippen LogP contribution in [0.2, 0.25) is 5.15 Å². The summed E-state index contributed by atoms with van der Waals surface area (Å²) in [6, 6.07) is 10.00. The maximum absolute atomic E-state index is 5.96. The van der Waals surface area contributed by atoms with Crippen molar-refractivity contribution in [2.75, 3.05) is 0 Å². The van der Waals surface area contributed by atoms with Gasteiger partial charge in [0, 0.05) is 27.1 Å². The third-order valence-electron chi connectivity index (χ3n) is 3.25. The lowest BCUT2D eigenvalue weighted by molar-refractivity contribution is 0.990. The number of aromatic nitrogens is 4. The molecule has 0 radical (unpaired) electrons. The van der Waals surface area contributed by atoms with Gasteiger partial charge in [0.15, 0.2) is 11.5 Å². The average Bonchev–Trinajstić information content (AvgIpc) is 3.01. The number of aryl methyl sites for hydroxylation is 1. The molecule has 0 unspecified atom stereocenters. The van der Waals surface area contributed by atoms with Gasteiger partial charge in [0.1, 0.15) is 11.0 Å². The fourth-order valence-electron chi connectivity index (χ4n) is 2.38. The van der Waals surface area contributed by atoms with E-state index in [1.165, 1.54) is 10.1 Å². The molecule has 0 N–H and O–H groups in total. The lowest BCUT2D eigenvalue weighted by Crippen LogP contribution is -1.97. The van der Waals surface area contributed by atoms with Gasteiger partial charge < -0.3 is 0 Å². The molecule has 0 atom stereocenters. The van der Waals surface area contributed by atoms with Gasteiger partial charge in [0.05, 0.1) is 0 Å². The van der Waals surface area contributed by atoms with Crippen LogP contribution >= 0.6 is 22.9 Å². The summed E-state index contributed by atoms with van der Waals surface area (Å²) >= 11 is 7.67. The molecule has 4 aromatic rings. The summed E-state index contributed by atoms with van der Waals surface area (Å²) in [6.45, 7) is 1.90. The quantitative estimate of drug-likeness (QED) is 0.500. The number of rotatable bonds is 1. The van der Waals surface area contributed by atoms with Crippen molar-refractivity contribution >= 4 is 38.7 Å². The molecule has 4 rings (SSSR count). The summed E-state index contributed by atoms with van der Waals surface area (Å²) in [5.41, 5.74) is 1.79. The highest BCUT2D eigenvalue weighted by molar-refractivity contribution is 7.17. The van der Waals surface area contributed by atoms with Gasteiger partial charge in [-0.05, 0) is 13.0 Å². The van der Waals surface area contributed by atoms with Crippen molar-refractivity contribution in [1.82, 2.24) is 19.6 Å². The Balaban J connectivity index is 2.08. The van der Waals surface area contributed by atoms with Crippen LogP contribution in [0, 0.1) is 6.92 Å². The second-order valence-electron chi connectivity index (χ2n) is 4.49. The SMILES string of the molecule is Cc1nc(Cl)cc2nnc(-c3csc4ccccc34)n12. The van der Waals surface area contributed by atoms with Crippen LogP contribution in [0.1, 0.15) is 5.82 Å². The lowest BCUT2D eigenvalue weighted by atomic mass is 10.2. The van der Waals surface area contributed by atoms with Crippen molar-refractivity contribution in [2.45, 2.75) is 6.92 Å². The summed E-state index contributed by atoms with van der Waals surface area (Å²) in [4.78, 5) is 4.28. The molecular weight excluding hydrogens is 292 g/mol. The van der Waals surface area contributed by atoms with E-state index >= 15 is 0 Å². The molecule has 0 bridgehead atoms. The maximum Gasteiger partial charge on any atom is 0.171 e. The zero-order chi connectivity index (χ0) is 13.7. The number of nitrogens with zero attached hydrogens (tertiary/aromatic N) is 4. The van der Waals surface area contributed by atoms with Gasteiger partial charge >= 0.3 is 0 Å². The van der Waals surface area contributed by atoms with Crippen LogP contribution in [-0.4, -0.2) is 19.6 Å². The Kier molecular flexibility index (Phi) is 2.52. The number of hydrogen-bond donors (Lipinski definition) is 0. The van der Waals surface area contributed by atoms with Gasteiger partial charge in [-0.15, -0.1) is 21.5 Å². The monoisotopic (exact) mass is 300 g/mol. The molecular formula is C14H9ClN4S. The Bertz CT molecular complexity index is 941. The van der Waals surface area contributed by atoms with Gasteiger partial charge in [-0.25, -0.2) is 4.98 Å². The molecule has 0 aliphatic rings. The van der Waals surface area contributed by atoms with Crippen LogP contribution in [0.15, 0.2) is 35.7 Å². The second-order valence-corrected chi connectivity index (χ2v) is 5.79. The van der Waals surface area contributed by atoms with Crippen LogP contribution in [0.25, 0.3) is 27.1 Å². The summed E-state index contributed by atoms with van der Waals surface area (Å²) in [5, 5.41) is 12.2. The smallest absolute Gasteiger partial charge is 0.171 e. The Morgan fingerprint density at radius 3 is 2.95 bits per heavy atom. The normalized spacial score (nSPS) is 11.5. The first kappa shape index (κ1) is 11.8. The van der Waals surface area contributed by atoms with E-state index in [9.17, 15) is 0 Å². The Morgan fingerprint density at radius 2 is 2.05 bits per heavy atom. The van der Waals surface area contributed by atoms with Crippen molar-refractivity contribution in [3.63, 3.8) is 0 Å². The minimum Gasteiger partial charge on any atom is -0.263 e. The number of fused-ring (bicyclic) bond motifs is 2. The Hall–Kier alpha value is -1.98. The maximum atomic E-state index is 5.96. The van der Waals surface area contributed by atoms with Gasteiger partial charge in [-0.2, -0.15) is 0 Å². The minimum absolute atomic E-state index is 0.434. The molecule has 1 aromatic carbocycles. The molecule has 0 aliphatic carbocycles. The van der Waals surface area contributed by atoms with E-state index in [0.29, 0.717) is 10.8 Å². The van der Waals surface area contributed by atoms with Crippen molar-refractivity contribution in [3.8, 4) is 11.4 Å². The van der Waals surface area contributed by atoms with E-state index in [2.05, 4.69) is 32.7 Å². The highest BCUT2D eigenvalue weighted by Crippen LogP contribution is 2.33. The summed E-state index contributed by atoms with van der Waals surface area (Å²) in [7, 11) is 0. The minimum atomic E-state index is 0.434. The van der Waals surface area contributed by atoms with E-state index in [4.69, 9.17) is 11.6 Å². The van der Waals surface area contributed by atoms with Crippen LogP contribution in [0.5, 0.6) is 0 Å². The fraction of sp³-hybridized carbons (Fsp3) is 0.0714. The van der Waals surface area contributed by atoms with Crippen LogP contribution in [0.3, 0.4) is 0 Å². The number of hydrogen-bond acceptors (Lipinski definition) is 4. The van der Waals surface area contributed by atoms with Gasteiger partial charge in [0.25, 0.3) is 0 Å². The molecule has 0 fully saturated rings. The van der Waals surface area contributed by atoms with E-state index in [1.807, 2.05) is 23.5 Å². The van der Waals surface area contributed by atoms with Crippen molar-refractivity contribution in [2.24, 2.45) is 0 Å². The highest BCUT2D eigenvalue weighted by Gasteiger charge is 2.15. The fourth-order valence-corrected chi connectivity index (χ4v) is 3.54. The molecule has 0 amide bonds. The van der Waals surface area contributed by atoms with Crippen molar-refractivity contribution in [1.29, 1.82) is 0 Å². The molecule has 0 saturated heterocycles. The molecule has 20 heavy (non-hydrogen) atoms. The first-order valence-corrected chi connectivity index (χ1v) is 7.35. The second kappa shape index (κ2) is 4.26. The van der Waals surface area contributed by atoms with Gasteiger partial charge in [-0.1, -0.05) is 29.8 Å². The van der Waals surface area contributed by atoms with E-state index < -0.39 is 0 Å². The first-order chi connectivity index (χ1) is 9.74. The average molecular weight is 301 g/mol. The molecule has 3 heterocycles. The number of benzene rings is 1. The Morgan fingerprint density at radius 1 is 1.20 bits per heavy atom. The lowest BCUT2D eigenvalue weighted by Gasteiger charge is -2.02. The number of halogens is 1. The van der Waals surface area contributed by atoms with Gasteiger partial charge in [0.2, 0.25) is 0 Å². The predicted octanol–water partition coefficient (Wildman–Crippen LogP) is 3.97. The summed E-state index contributed by atoms with van der Waals surface area (Å²) < 4.78 is 3.17. The van der Waals surface area contributed by atoms with Crippen LogP contribution in [-0.2, 0) is 0 Å². The first-order valence-electron chi connectivity index (χ1n) is 6.09. The highest BCUT2D eigenvalue weighted by atomic mass is 35.5. The molecule has 3 aromatic heterocycles. The third kappa shape index (κ3) is 1.63. The van der Waals surface area contributed by atoms with E-state index in [1.54, 1.807) is 17.4 Å². The van der Waals surface area contributed by atoms with Gasteiger partial charge in [-0.3, -0.25) is 4.40 Å². The van der Waals surface area contributed by atoms with Crippen LogP contribution in [0.4, 0.5) is 0 Å².